The van der Waals surface area contributed by atoms with Gasteiger partial charge in [0.1, 0.15) is 16.6 Å². The fourth-order valence-electron chi connectivity index (χ4n) is 4.07. The SMILES string of the molecule is C[C@@H]1CCO[C@@H]2Cn3cc(-c4nnc(Cc5ccc(F)cc5F)s4)c(=O)c(O)c3C(=O)N12. The molecular formula is C21H18F2N4O4S. The van der Waals surface area contributed by atoms with Gasteiger partial charge in [-0.05, 0) is 25.0 Å². The minimum absolute atomic E-state index is 0.0678. The van der Waals surface area contributed by atoms with E-state index < -0.39 is 34.9 Å². The zero-order valence-electron chi connectivity index (χ0n) is 16.9. The van der Waals surface area contributed by atoms with Crippen LogP contribution in [-0.4, -0.2) is 49.6 Å². The molecule has 0 radical (unpaired) electrons. The summed E-state index contributed by atoms with van der Waals surface area (Å²) in [6.07, 6.45) is 1.73. The van der Waals surface area contributed by atoms with Crippen LogP contribution < -0.4 is 5.43 Å². The number of pyridine rings is 1. The summed E-state index contributed by atoms with van der Waals surface area (Å²) in [4.78, 5) is 27.4. The molecule has 2 aliphatic rings. The summed E-state index contributed by atoms with van der Waals surface area (Å²) in [5.74, 6) is -2.48. The number of carbonyl (C=O) groups is 1. The third-order valence-corrected chi connectivity index (χ3v) is 6.69. The van der Waals surface area contributed by atoms with Gasteiger partial charge in [0, 0.05) is 24.7 Å². The lowest BCUT2D eigenvalue weighted by Crippen LogP contribution is -2.56. The van der Waals surface area contributed by atoms with E-state index >= 15 is 0 Å². The van der Waals surface area contributed by atoms with Crippen molar-refractivity contribution in [3.63, 3.8) is 0 Å². The van der Waals surface area contributed by atoms with E-state index in [0.717, 1.165) is 23.5 Å². The van der Waals surface area contributed by atoms with E-state index in [1.807, 2.05) is 6.92 Å². The number of halogens is 2. The Balaban J connectivity index is 1.50. The maximum Gasteiger partial charge on any atom is 0.276 e. The highest BCUT2D eigenvalue weighted by atomic mass is 32.1. The highest BCUT2D eigenvalue weighted by Crippen LogP contribution is 2.32. The van der Waals surface area contributed by atoms with Crippen molar-refractivity contribution in [2.75, 3.05) is 6.61 Å². The quantitative estimate of drug-likeness (QED) is 0.645. The standard InChI is InChI=1S/C21H18F2N4O4S/c1-10-4-5-31-16-9-26-8-13(18(28)19(29)17(26)21(30)27(10)16)20-25-24-15(32-20)6-11-2-3-12(22)7-14(11)23/h2-3,7-8,10,16,29H,4-6,9H2,1H3/t10-,16-/m1/s1. The number of amides is 1. The molecule has 0 aliphatic carbocycles. The third-order valence-electron chi connectivity index (χ3n) is 5.73. The van der Waals surface area contributed by atoms with Gasteiger partial charge >= 0.3 is 0 Å². The molecule has 5 rings (SSSR count). The van der Waals surface area contributed by atoms with E-state index in [9.17, 15) is 23.5 Å². The van der Waals surface area contributed by atoms with Crippen molar-refractivity contribution >= 4 is 17.2 Å². The van der Waals surface area contributed by atoms with E-state index in [1.54, 1.807) is 4.90 Å². The predicted octanol–water partition coefficient (Wildman–Crippen LogP) is 2.53. The number of hydrogen-bond donors (Lipinski definition) is 1. The van der Waals surface area contributed by atoms with Crippen LogP contribution in [0.5, 0.6) is 5.75 Å². The first kappa shape index (κ1) is 20.7. The number of fused-ring (bicyclic) bond motifs is 2. The molecule has 1 aromatic carbocycles. The zero-order chi connectivity index (χ0) is 22.6. The lowest BCUT2D eigenvalue weighted by atomic mass is 10.1. The molecule has 2 aromatic heterocycles. The van der Waals surface area contributed by atoms with E-state index in [-0.39, 0.29) is 40.8 Å². The molecule has 2 atom stereocenters. The molecule has 0 bridgehead atoms. The van der Waals surface area contributed by atoms with Crippen LogP contribution in [-0.2, 0) is 17.7 Å². The van der Waals surface area contributed by atoms with Crippen molar-refractivity contribution in [3.8, 4) is 16.3 Å². The van der Waals surface area contributed by atoms with Gasteiger partial charge in [-0.1, -0.05) is 17.4 Å². The van der Waals surface area contributed by atoms with Crippen molar-refractivity contribution in [1.82, 2.24) is 19.7 Å². The van der Waals surface area contributed by atoms with E-state index in [0.29, 0.717) is 18.0 Å². The van der Waals surface area contributed by atoms with Crippen LogP contribution in [0.15, 0.2) is 29.2 Å². The van der Waals surface area contributed by atoms with E-state index in [1.165, 1.54) is 16.8 Å². The van der Waals surface area contributed by atoms with Crippen molar-refractivity contribution in [3.05, 3.63) is 62.5 Å². The second kappa shape index (κ2) is 7.75. The number of ether oxygens (including phenoxy) is 1. The van der Waals surface area contributed by atoms with Gasteiger partial charge in [0.2, 0.25) is 5.43 Å². The molecule has 3 aromatic rings. The third kappa shape index (κ3) is 3.37. The number of hydrogen-bond acceptors (Lipinski definition) is 7. The maximum atomic E-state index is 14.0. The van der Waals surface area contributed by atoms with Crippen LogP contribution in [0.2, 0.25) is 0 Å². The van der Waals surface area contributed by atoms with Crippen molar-refractivity contribution in [2.24, 2.45) is 0 Å². The molecular weight excluding hydrogens is 442 g/mol. The minimum Gasteiger partial charge on any atom is -0.503 e. The normalized spacial score (nSPS) is 20.2. The molecule has 0 spiro atoms. The minimum atomic E-state index is -0.732. The molecule has 8 nitrogen and oxygen atoms in total. The lowest BCUT2D eigenvalue weighted by Gasteiger charge is -2.44. The Hall–Kier alpha value is -3.18. The Labute approximate surface area is 184 Å². The average molecular weight is 460 g/mol. The number of benzene rings is 1. The smallest absolute Gasteiger partial charge is 0.276 e. The molecule has 1 N–H and O–H groups in total. The summed E-state index contributed by atoms with van der Waals surface area (Å²) >= 11 is 1.06. The van der Waals surface area contributed by atoms with Crippen molar-refractivity contribution in [1.29, 1.82) is 0 Å². The van der Waals surface area contributed by atoms with Gasteiger partial charge in [0.25, 0.3) is 5.91 Å². The number of nitrogens with zero attached hydrogens (tertiary/aromatic N) is 4. The summed E-state index contributed by atoms with van der Waals surface area (Å²) in [5.41, 5.74) is -0.484. The lowest BCUT2D eigenvalue weighted by molar-refractivity contribution is -0.112. The Bertz CT molecular complexity index is 1290. The Morgan fingerprint density at radius 1 is 1.28 bits per heavy atom. The van der Waals surface area contributed by atoms with Gasteiger partial charge < -0.3 is 19.3 Å². The van der Waals surface area contributed by atoms with Crippen LogP contribution in [0.4, 0.5) is 8.78 Å². The predicted molar refractivity (Wildman–Crippen MR) is 110 cm³/mol. The molecule has 0 saturated carbocycles. The van der Waals surface area contributed by atoms with Crippen LogP contribution in [0.25, 0.3) is 10.6 Å². The molecule has 32 heavy (non-hydrogen) atoms. The Kier molecular flexibility index (Phi) is 5.01. The van der Waals surface area contributed by atoms with E-state index in [2.05, 4.69) is 10.2 Å². The highest BCUT2D eigenvalue weighted by Gasteiger charge is 2.40. The Morgan fingerprint density at radius 2 is 2.09 bits per heavy atom. The van der Waals surface area contributed by atoms with Crippen LogP contribution >= 0.6 is 11.3 Å². The first-order valence-corrected chi connectivity index (χ1v) is 10.8. The molecule has 2 aliphatic heterocycles. The highest BCUT2D eigenvalue weighted by molar-refractivity contribution is 7.14. The summed E-state index contributed by atoms with van der Waals surface area (Å²) in [7, 11) is 0. The van der Waals surface area contributed by atoms with Gasteiger partial charge in [-0.2, -0.15) is 0 Å². The molecule has 1 amide bonds. The summed E-state index contributed by atoms with van der Waals surface area (Å²) in [6.45, 7) is 2.68. The van der Waals surface area contributed by atoms with Gasteiger partial charge in [-0.25, -0.2) is 8.78 Å². The van der Waals surface area contributed by atoms with Gasteiger partial charge in [-0.15, -0.1) is 10.2 Å². The summed E-state index contributed by atoms with van der Waals surface area (Å²) in [5, 5.41) is 19.2. The van der Waals surface area contributed by atoms with Gasteiger partial charge in [0.05, 0.1) is 18.7 Å². The first-order valence-electron chi connectivity index (χ1n) is 10.0. The second-order valence-corrected chi connectivity index (χ2v) is 8.87. The largest absolute Gasteiger partial charge is 0.503 e. The molecule has 1 fully saturated rings. The first-order chi connectivity index (χ1) is 15.3. The van der Waals surface area contributed by atoms with Crippen LogP contribution in [0.1, 0.15) is 34.4 Å². The molecule has 11 heteroatoms. The fourth-order valence-corrected chi connectivity index (χ4v) is 4.94. The van der Waals surface area contributed by atoms with Crippen molar-refractivity contribution < 1.29 is 23.4 Å². The van der Waals surface area contributed by atoms with Gasteiger partial charge in [-0.3, -0.25) is 9.59 Å². The average Bonchev–Trinajstić information content (AvgIpc) is 3.21. The molecule has 0 unspecified atom stereocenters. The monoisotopic (exact) mass is 460 g/mol. The second-order valence-electron chi connectivity index (χ2n) is 7.81. The number of aromatic nitrogens is 3. The molecule has 4 heterocycles. The molecule has 1 saturated heterocycles. The van der Waals surface area contributed by atoms with Crippen molar-refractivity contribution in [2.45, 2.75) is 38.6 Å². The number of rotatable bonds is 3. The number of aromatic hydroxyl groups is 1. The number of carbonyl (C=O) groups excluding carboxylic acids is 1. The summed E-state index contributed by atoms with van der Waals surface area (Å²) in [6, 6.07) is 3.21. The van der Waals surface area contributed by atoms with Gasteiger partial charge in [0.15, 0.2) is 22.7 Å². The maximum absolute atomic E-state index is 14.0. The topological polar surface area (TPSA) is 97.5 Å². The van der Waals surface area contributed by atoms with E-state index in [4.69, 9.17) is 4.74 Å². The van der Waals surface area contributed by atoms with Crippen LogP contribution in [0, 0.1) is 11.6 Å². The summed E-state index contributed by atoms with van der Waals surface area (Å²) < 4.78 is 34.3. The van der Waals surface area contributed by atoms with Crippen LogP contribution in [0.3, 0.4) is 0 Å². The Morgan fingerprint density at radius 3 is 2.88 bits per heavy atom. The zero-order valence-corrected chi connectivity index (χ0v) is 17.7. The molecule has 166 valence electrons. The fraction of sp³-hybridized carbons (Fsp3) is 0.333.